The first-order chi connectivity index (χ1) is 5.57. The third-order valence-corrected chi connectivity index (χ3v) is 1.22. The van der Waals surface area contributed by atoms with Crippen LogP contribution in [0.3, 0.4) is 0 Å². The van der Waals surface area contributed by atoms with Crippen LogP contribution >= 0.6 is 12.6 Å². The minimum atomic E-state index is -0.873. The molecule has 0 bridgehead atoms. The summed E-state index contributed by atoms with van der Waals surface area (Å²) >= 11 is 3.75. The maximum atomic E-state index is 10.7. The molecule has 0 aromatic carbocycles. The van der Waals surface area contributed by atoms with E-state index in [0.717, 1.165) is 0 Å². The van der Waals surface area contributed by atoms with Crippen LogP contribution in [0.2, 0.25) is 0 Å². The van der Waals surface area contributed by atoms with Gasteiger partial charge in [-0.05, 0) is 0 Å². The fourth-order valence-electron chi connectivity index (χ4n) is 0.276. The topological polar surface area (TPSA) is 119 Å². The van der Waals surface area contributed by atoms with Gasteiger partial charge in [-0.3, -0.25) is 0 Å². The molecule has 1 atom stereocenters. The Morgan fingerprint density at radius 3 is 2.58 bits per heavy atom. The monoisotopic (exact) mass is 194 g/mol. The zero-order chi connectivity index (χ0) is 9.56. The molecular formula is C4H10N4O3S. The van der Waals surface area contributed by atoms with E-state index in [2.05, 4.69) is 23.2 Å². The number of amides is 2. The molecule has 2 amide bonds. The third-order valence-electron chi connectivity index (χ3n) is 0.825. The van der Waals surface area contributed by atoms with Crippen molar-refractivity contribution < 1.29 is 14.4 Å². The van der Waals surface area contributed by atoms with Gasteiger partial charge in [0, 0.05) is 5.75 Å². The van der Waals surface area contributed by atoms with Gasteiger partial charge in [0.05, 0.1) is 0 Å². The molecule has 0 rings (SSSR count). The number of nitrogens with one attached hydrogen (secondary N) is 2. The van der Waals surface area contributed by atoms with Crippen molar-refractivity contribution >= 4 is 24.6 Å². The van der Waals surface area contributed by atoms with Crippen molar-refractivity contribution in [3.05, 3.63) is 0 Å². The zero-order valence-corrected chi connectivity index (χ0v) is 7.01. The number of nitrogens with two attached hydrogens (primary N) is 2. The second-order valence-corrected chi connectivity index (χ2v) is 2.17. The lowest BCUT2D eigenvalue weighted by Gasteiger charge is -2.08. The highest BCUT2D eigenvalue weighted by atomic mass is 32.1. The fraction of sp³-hybridized carbons (Fsp3) is 0.500. The first-order valence-electron chi connectivity index (χ1n) is 2.95. The Kier molecular flexibility index (Phi) is 5.17. The first-order valence-corrected chi connectivity index (χ1v) is 3.58. The quantitative estimate of drug-likeness (QED) is 0.259. The second-order valence-electron chi connectivity index (χ2n) is 1.80. The Morgan fingerprint density at radius 1 is 1.58 bits per heavy atom. The Labute approximate surface area is 74.1 Å². The van der Waals surface area contributed by atoms with E-state index in [1.807, 2.05) is 11.0 Å². The number of hydrazine groups is 1. The standard InChI is InChI=1S/C4H10N4O3S/c5-2(1-12)3(9)11-8-7-4(6)10/h2,8,12H,1,5H2,(H3,6,7,10). The van der Waals surface area contributed by atoms with Crippen LogP contribution in [0.5, 0.6) is 0 Å². The van der Waals surface area contributed by atoms with Crippen LogP contribution < -0.4 is 22.5 Å². The highest BCUT2D eigenvalue weighted by Gasteiger charge is 2.12. The number of thiol groups is 1. The molecule has 0 spiro atoms. The predicted octanol–water partition coefficient (Wildman–Crippen LogP) is -2.13. The first kappa shape index (κ1) is 11.0. The normalized spacial score (nSPS) is 11.8. The molecule has 7 nitrogen and oxygen atoms in total. The maximum Gasteiger partial charge on any atom is 0.344 e. The summed E-state index contributed by atoms with van der Waals surface area (Å²) in [5.74, 6) is -0.587. The van der Waals surface area contributed by atoms with Gasteiger partial charge in [-0.25, -0.2) is 15.0 Å². The molecule has 0 aliphatic rings. The lowest BCUT2D eigenvalue weighted by atomic mass is 10.4. The van der Waals surface area contributed by atoms with Gasteiger partial charge >= 0.3 is 12.0 Å². The summed E-state index contributed by atoms with van der Waals surface area (Å²) in [7, 11) is 0. The maximum absolute atomic E-state index is 10.7. The minimum Gasteiger partial charge on any atom is -0.350 e. The summed E-state index contributed by atoms with van der Waals surface area (Å²) in [6.07, 6.45) is 0. The molecule has 6 N–H and O–H groups in total. The number of carbonyl (C=O) groups excluding carboxylic acids is 2. The molecular weight excluding hydrogens is 184 g/mol. The van der Waals surface area contributed by atoms with E-state index in [-0.39, 0.29) is 5.75 Å². The van der Waals surface area contributed by atoms with Crippen LogP contribution in [0.15, 0.2) is 0 Å². The Morgan fingerprint density at radius 2 is 2.17 bits per heavy atom. The van der Waals surface area contributed by atoms with Gasteiger partial charge in [0.25, 0.3) is 0 Å². The summed E-state index contributed by atoms with van der Waals surface area (Å²) < 4.78 is 0. The molecule has 0 saturated heterocycles. The molecule has 0 saturated carbocycles. The Bertz CT molecular complexity index is 176. The van der Waals surface area contributed by atoms with Crippen LogP contribution in [0.4, 0.5) is 4.79 Å². The number of hydrogen-bond donors (Lipinski definition) is 5. The molecule has 12 heavy (non-hydrogen) atoms. The van der Waals surface area contributed by atoms with Crippen molar-refractivity contribution in [2.24, 2.45) is 11.5 Å². The van der Waals surface area contributed by atoms with Gasteiger partial charge in [0.15, 0.2) is 0 Å². The Balaban J connectivity index is 3.50. The second kappa shape index (κ2) is 5.63. The SMILES string of the molecule is NC(=O)NNOC(=O)C(N)CS. The van der Waals surface area contributed by atoms with E-state index in [9.17, 15) is 9.59 Å². The number of primary amides is 1. The number of urea groups is 1. The largest absolute Gasteiger partial charge is 0.350 e. The smallest absolute Gasteiger partial charge is 0.344 e. The molecule has 0 aliphatic carbocycles. The molecule has 0 fully saturated rings. The van der Waals surface area contributed by atoms with Crippen LogP contribution in [-0.2, 0) is 9.63 Å². The van der Waals surface area contributed by atoms with Gasteiger partial charge in [-0.2, -0.15) is 12.6 Å². The lowest BCUT2D eigenvalue weighted by molar-refractivity contribution is -0.153. The van der Waals surface area contributed by atoms with E-state index >= 15 is 0 Å². The number of rotatable bonds is 4. The van der Waals surface area contributed by atoms with E-state index in [1.165, 1.54) is 0 Å². The number of carbonyl (C=O) groups is 2. The molecule has 0 aromatic heterocycles. The highest BCUT2D eigenvalue weighted by Crippen LogP contribution is 1.84. The summed E-state index contributed by atoms with van der Waals surface area (Å²) in [6.45, 7) is 0. The molecule has 0 aliphatic heterocycles. The van der Waals surface area contributed by atoms with Crippen molar-refractivity contribution in [3.8, 4) is 0 Å². The summed E-state index contributed by atoms with van der Waals surface area (Å²) in [4.78, 5) is 25.0. The van der Waals surface area contributed by atoms with Crippen molar-refractivity contribution in [2.45, 2.75) is 6.04 Å². The minimum absolute atomic E-state index is 0.150. The van der Waals surface area contributed by atoms with Crippen LogP contribution in [0.25, 0.3) is 0 Å². The van der Waals surface area contributed by atoms with Gasteiger partial charge in [0.2, 0.25) is 0 Å². The lowest BCUT2D eigenvalue weighted by Crippen LogP contribution is -2.45. The summed E-state index contributed by atoms with van der Waals surface area (Å²) in [5, 5.41) is 0. The van der Waals surface area contributed by atoms with Crippen molar-refractivity contribution in [2.75, 3.05) is 5.75 Å². The van der Waals surface area contributed by atoms with Crippen LogP contribution in [0.1, 0.15) is 0 Å². The van der Waals surface area contributed by atoms with Crippen LogP contribution in [-0.4, -0.2) is 23.8 Å². The van der Waals surface area contributed by atoms with Crippen LogP contribution in [0, 0.1) is 0 Å². The molecule has 0 aromatic rings. The van der Waals surface area contributed by atoms with Crippen molar-refractivity contribution in [1.82, 2.24) is 11.0 Å². The van der Waals surface area contributed by atoms with E-state index in [4.69, 9.17) is 5.73 Å². The van der Waals surface area contributed by atoms with Gasteiger partial charge in [-0.1, -0.05) is 5.59 Å². The summed E-state index contributed by atoms with van der Waals surface area (Å²) in [5.41, 5.74) is 13.5. The zero-order valence-electron chi connectivity index (χ0n) is 6.11. The van der Waals surface area contributed by atoms with E-state index < -0.39 is 18.0 Å². The summed E-state index contributed by atoms with van der Waals surface area (Å²) in [6, 6.07) is -1.71. The number of hydrogen-bond acceptors (Lipinski definition) is 6. The molecule has 70 valence electrons. The Hall–Kier alpha value is -0.990. The molecule has 8 heteroatoms. The average Bonchev–Trinajstić information content (AvgIpc) is 2.02. The molecule has 0 heterocycles. The molecule has 0 radical (unpaired) electrons. The van der Waals surface area contributed by atoms with Gasteiger partial charge in [0.1, 0.15) is 6.04 Å². The fourth-order valence-corrected chi connectivity index (χ4v) is 0.425. The third kappa shape index (κ3) is 4.77. The van der Waals surface area contributed by atoms with Crippen molar-refractivity contribution in [1.29, 1.82) is 0 Å². The predicted molar refractivity (Wildman–Crippen MR) is 43.8 cm³/mol. The highest BCUT2D eigenvalue weighted by molar-refractivity contribution is 7.80. The average molecular weight is 194 g/mol. The van der Waals surface area contributed by atoms with E-state index in [1.54, 1.807) is 0 Å². The van der Waals surface area contributed by atoms with E-state index in [0.29, 0.717) is 0 Å². The van der Waals surface area contributed by atoms with Gasteiger partial charge in [-0.15, -0.1) is 0 Å². The molecule has 1 unspecified atom stereocenters. The van der Waals surface area contributed by atoms with Crippen molar-refractivity contribution in [3.63, 3.8) is 0 Å². The van der Waals surface area contributed by atoms with Gasteiger partial charge < -0.3 is 16.3 Å².